The van der Waals surface area contributed by atoms with Gasteiger partial charge >= 0.3 is 0 Å². The number of rotatable bonds is 8. The Kier molecular flexibility index (Phi) is 6.66. The number of benzene rings is 1. The van der Waals surface area contributed by atoms with Crippen molar-refractivity contribution in [1.29, 1.82) is 0 Å². The van der Waals surface area contributed by atoms with Crippen molar-refractivity contribution in [3.63, 3.8) is 0 Å². The molecular formula is C21H29N7O. The van der Waals surface area contributed by atoms with E-state index >= 15 is 0 Å². The average molecular weight is 396 g/mol. The number of hydrogen-bond acceptors (Lipinski definition) is 5. The first-order valence-electron chi connectivity index (χ1n) is 9.81. The molecule has 154 valence electrons. The van der Waals surface area contributed by atoms with E-state index in [0.29, 0.717) is 19.0 Å². The third kappa shape index (κ3) is 5.68. The molecule has 3 aromatic rings. The van der Waals surface area contributed by atoms with E-state index in [1.54, 1.807) is 24.0 Å². The van der Waals surface area contributed by atoms with Gasteiger partial charge in [-0.3, -0.25) is 4.68 Å². The lowest BCUT2D eigenvalue weighted by atomic mass is 10.0. The van der Waals surface area contributed by atoms with Crippen LogP contribution in [0.5, 0.6) is 0 Å². The van der Waals surface area contributed by atoms with Crippen molar-refractivity contribution in [1.82, 2.24) is 25.4 Å². The number of aliphatic hydroxyl groups is 1. The van der Waals surface area contributed by atoms with E-state index in [1.807, 2.05) is 44.3 Å². The number of hydrogen-bond donors (Lipinski definition) is 4. The van der Waals surface area contributed by atoms with Gasteiger partial charge in [0.15, 0.2) is 5.96 Å². The molecule has 0 aliphatic rings. The molecule has 0 bridgehead atoms. The van der Waals surface area contributed by atoms with Crippen LogP contribution in [-0.4, -0.2) is 52.0 Å². The maximum atomic E-state index is 10.7. The van der Waals surface area contributed by atoms with E-state index in [4.69, 9.17) is 0 Å². The summed E-state index contributed by atoms with van der Waals surface area (Å²) in [4.78, 5) is 9.13. The zero-order valence-electron chi connectivity index (χ0n) is 17.2. The molecule has 0 saturated carbocycles. The molecule has 1 aromatic carbocycles. The molecular weight excluding hydrogens is 366 g/mol. The van der Waals surface area contributed by atoms with Crippen LogP contribution in [0.1, 0.15) is 19.4 Å². The van der Waals surface area contributed by atoms with E-state index in [9.17, 15) is 5.11 Å². The fraction of sp³-hybridized carbons (Fsp3) is 0.381. The van der Waals surface area contributed by atoms with Crippen molar-refractivity contribution >= 4 is 22.7 Å². The first kappa shape index (κ1) is 20.6. The molecule has 0 fully saturated rings. The Labute approximate surface area is 171 Å². The quantitative estimate of drug-likeness (QED) is 0.264. The summed E-state index contributed by atoms with van der Waals surface area (Å²) in [6.07, 6.45) is 3.46. The van der Waals surface area contributed by atoms with Crippen LogP contribution in [0.15, 0.2) is 53.8 Å². The van der Waals surface area contributed by atoms with Gasteiger partial charge in [-0.05, 0) is 32.0 Å². The second-order valence-corrected chi connectivity index (χ2v) is 7.11. The number of nitrogens with zero attached hydrogens (tertiary/aromatic N) is 4. The maximum absolute atomic E-state index is 10.7. The lowest BCUT2D eigenvalue weighted by Crippen LogP contribution is -2.40. The van der Waals surface area contributed by atoms with Crippen LogP contribution in [0.4, 0.5) is 5.82 Å². The normalized spacial score (nSPS) is 13.9. The van der Waals surface area contributed by atoms with Crippen molar-refractivity contribution in [2.45, 2.75) is 19.4 Å². The Bertz CT molecular complexity index is 964. The van der Waals surface area contributed by atoms with E-state index in [1.165, 1.54) is 0 Å². The van der Waals surface area contributed by atoms with Gasteiger partial charge < -0.3 is 21.1 Å². The minimum Gasteiger partial charge on any atom is -0.383 e. The molecule has 29 heavy (non-hydrogen) atoms. The van der Waals surface area contributed by atoms with Gasteiger partial charge in [0.2, 0.25) is 0 Å². The van der Waals surface area contributed by atoms with Crippen LogP contribution in [0.3, 0.4) is 0 Å². The molecule has 2 heterocycles. The Morgan fingerprint density at radius 1 is 1.17 bits per heavy atom. The van der Waals surface area contributed by atoms with Crippen molar-refractivity contribution in [2.24, 2.45) is 12.0 Å². The Morgan fingerprint density at radius 2 is 2.00 bits per heavy atom. The van der Waals surface area contributed by atoms with Gasteiger partial charge in [-0.25, -0.2) is 9.98 Å². The van der Waals surface area contributed by atoms with Gasteiger partial charge in [-0.15, -0.1) is 0 Å². The van der Waals surface area contributed by atoms with Gasteiger partial charge in [0.05, 0.1) is 18.3 Å². The molecule has 0 radical (unpaired) electrons. The Morgan fingerprint density at radius 3 is 2.76 bits per heavy atom. The summed E-state index contributed by atoms with van der Waals surface area (Å²) in [5.41, 5.74) is 0.630. The molecule has 4 N–H and O–H groups in total. The predicted molar refractivity (Wildman–Crippen MR) is 117 cm³/mol. The zero-order valence-corrected chi connectivity index (χ0v) is 17.2. The third-order valence-electron chi connectivity index (χ3n) is 4.54. The number of guanidine groups is 1. The molecule has 1 atom stereocenters. The number of aliphatic imine (C=N–C) groups is 1. The van der Waals surface area contributed by atoms with Gasteiger partial charge in [-0.2, -0.15) is 5.10 Å². The monoisotopic (exact) mass is 395 g/mol. The summed E-state index contributed by atoms with van der Waals surface area (Å²) in [7, 11) is 1.83. The van der Waals surface area contributed by atoms with Crippen molar-refractivity contribution < 1.29 is 5.11 Å². The van der Waals surface area contributed by atoms with E-state index in [0.717, 1.165) is 28.8 Å². The number of anilines is 1. The van der Waals surface area contributed by atoms with E-state index < -0.39 is 5.60 Å². The van der Waals surface area contributed by atoms with Crippen LogP contribution < -0.4 is 16.0 Å². The van der Waals surface area contributed by atoms with Gasteiger partial charge in [0.25, 0.3) is 0 Å². The molecule has 0 aliphatic heterocycles. The topological polar surface area (TPSA) is 99.4 Å². The van der Waals surface area contributed by atoms with E-state index in [2.05, 4.69) is 37.1 Å². The zero-order chi connectivity index (χ0) is 20.7. The van der Waals surface area contributed by atoms with Crippen molar-refractivity contribution in [3.8, 4) is 0 Å². The van der Waals surface area contributed by atoms with E-state index in [-0.39, 0.29) is 6.54 Å². The number of fused-ring (bicyclic) bond motifs is 1. The third-order valence-corrected chi connectivity index (χ3v) is 4.54. The summed E-state index contributed by atoms with van der Waals surface area (Å²) in [5.74, 6) is 1.50. The maximum Gasteiger partial charge on any atom is 0.191 e. The highest BCUT2D eigenvalue weighted by Crippen LogP contribution is 2.19. The minimum absolute atomic E-state index is 0.230. The molecule has 2 aromatic heterocycles. The minimum atomic E-state index is -1.08. The molecule has 3 rings (SSSR count). The van der Waals surface area contributed by atoms with Crippen LogP contribution in [0.25, 0.3) is 10.9 Å². The Balaban J connectivity index is 1.52. The molecule has 8 nitrogen and oxygen atoms in total. The molecule has 0 amide bonds. The van der Waals surface area contributed by atoms with Crippen LogP contribution >= 0.6 is 0 Å². The molecule has 0 aliphatic carbocycles. The number of pyridine rings is 1. The summed E-state index contributed by atoms with van der Waals surface area (Å²) in [6.45, 7) is 6.07. The molecule has 1 unspecified atom stereocenters. The summed E-state index contributed by atoms with van der Waals surface area (Å²) in [5, 5.41) is 25.7. The largest absolute Gasteiger partial charge is 0.383 e. The lowest BCUT2D eigenvalue weighted by Gasteiger charge is -2.20. The second-order valence-electron chi connectivity index (χ2n) is 7.11. The first-order chi connectivity index (χ1) is 14.0. The first-order valence-corrected chi connectivity index (χ1v) is 9.81. The highest BCUT2D eigenvalue weighted by atomic mass is 16.3. The number of aromatic nitrogens is 3. The molecule has 8 heteroatoms. The smallest absolute Gasteiger partial charge is 0.191 e. The molecule has 0 saturated heterocycles. The fourth-order valence-corrected chi connectivity index (χ4v) is 2.90. The SMILES string of the molecule is CCNC(=NCC(C)(O)c1cnn(C)c1)NCCNc1ccc2ccccc2n1. The van der Waals surface area contributed by atoms with Crippen molar-refractivity contribution in [2.75, 3.05) is 31.5 Å². The number of nitrogens with one attached hydrogen (secondary N) is 3. The lowest BCUT2D eigenvalue weighted by molar-refractivity contribution is 0.0672. The highest BCUT2D eigenvalue weighted by Gasteiger charge is 2.24. The average Bonchev–Trinajstić information content (AvgIpc) is 3.16. The predicted octanol–water partition coefficient (Wildman–Crippen LogP) is 1.84. The van der Waals surface area contributed by atoms with Crippen LogP contribution in [0, 0.1) is 0 Å². The standard InChI is InChI=1S/C21H29N7O/c1-4-22-20(25-15-21(2,29)17-13-26-28(3)14-17)24-12-11-23-19-10-9-16-7-5-6-8-18(16)27-19/h5-10,13-14,29H,4,11-12,15H2,1-3H3,(H,23,27)(H2,22,24,25). The van der Waals surface area contributed by atoms with Crippen LogP contribution in [-0.2, 0) is 12.6 Å². The number of para-hydroxylation sites is 1. The summed E-state index contributed by atoms with van der Waals surface area (Å²) < 4.78 is 1.67. The molecule has 0 spiro atoms. The van der Waals surface area contributed by atoms with Crippen LogP contribution in [0.2, 0.25) is 0 Å². The van der Waals surface area contributed by atoms with Gasteiger partial charge in [0, 0.05) is 43.8 Å². The van der Waals surface area contributed by atoms with Crippen molar-refractivity contribution in [3.05, 3.63) is 54.4 Å². The summed E-state index contributed by atoms with van der Waals surface area (Å²) in [6, 6.07) is 12.1. The van der Waals surface area contributed by atoms with Gasteiger partial charge in [0.1, 0.15) is 11.4 Å². The number of aryl methyl sites for hydroxylation is 1. The highest BCUT2D eigenvalue weighted by molar-refractivity contribution is 5.80. The fourth-order valence-electron chi connectivity index (χ4n) is 2.90. The van der Waals surface area contributed by atoms with Gasteiger partial charge in [-0.1, -0.05) is 18.2 Å². The Hall–Kier alpha value is -3.13. The summed E-state index contributed by atoms with van der Waals surface area (Å²) >= 11 is 0. The second kappa shape index (κ2) is 9.38.